The van der Waals surface area contributed by atoms with E-state index in [1.54, 1.807) is 18.2 Å². The Morgan fingerprint density at radius 3 is 2.78 bits per heavy atom. The second kappa shape index (κ2) is 6.86. The Balaban J connectivity index is 1.79. The lowest BCUT2D eigenvalue weighted by Crippen LogP contribution is -2.16. The highest BCUT2D eigenvalue weighted by molar-refractivity contribution is 9.11. The number of carbonyl (C=O) groups is 1. The number of fused-ring (bicyclic) bond motifs is 1. The molecule has 7 heteroatoms. The molecule has 0 aliphatic rings. The highest BCUT2D eigenvalue weighted by Crippen LogP contribution is 2.30. The van der Waals surface area contributed by atoms with Crippen molar-refractivity contribution in [1.82, 2.24) is 5.43 Å². The molecule has 0 aliphatic carbocycles. The van der Waals surface area contributed by atoms with E-state index in [4.69, 9.17) is 16.0 Å². The van der Waals surface area contributed by atoms with Crippen LogP contribution in [0.2, 0.25) is 5.02 Å². The smallest absolute Gasteiger partial charge is 0.307 e. The van der Waals surface area contributed by atoms with Crippen LogP contribution < -0.4 is 5.43 Å². The van der Waals surface area contributed by atoms with Crippen molar-refractivity contribution < 1.29 is 9.21 Å². The minimum atomic E-state index is -0.437. The van der Waals surface area contributed by atoms with Gasteiger partial charge in [0.1, 0.15) is 5.58 Å². The van der Waals surface area contributed by atoms with E-state index in [1.165, 1.54) is 6.21 Å². The van der Waals surface area contributed by atoms with Gasteiger partial charge in [-0.05, 0) is 40.2 Å². The average Bonchev–Trinajstić information content (AvgIpc) is 2.93. The molecule has 0 saturated carbocycles. The van der Waals surface area contributed by atoms with Gasteiger partial charge in [0.25, 0.3) is 0 Å². The first-order valence-corrected chi connectivity index (χ1v) is 8.47. The molecule has 1 aromatic heterocycles. The number of benzene rings is 2. The van der Waals surface area contributed by atoms with Crippen LogP contribution >= 0.6 is 43.5 Å². The number of hydrogen-bond acceptors (Lipinski definition) is 3. The molecular weight excluding hydrogens is 447 g/mol. The standard InChI is InChI=1S/C16H9Br2ClN2O2/c17-11-5-10-6-14(23-15(10)12(18)7-11)16(22)21-20-8-9-3-1-2-4-13(9)19/h1-8H,(H,21,22)/b20-8-. The maximum atomic E-state index is 12.1. The van der Waals surface area contributed by atoms with Crippen molar-refractivity contribution in [3.05, 3.63) is 67.8 Å². The fourth-order valence-corrected chi connectivity index (χ4v) is 3.51. The van der Waals surface area contributed by atoms with Crippen molar-refractivity contribution in [2.75, 3.05) is 0 Å². The first-order chi connectivity index (χ1) is 11.0. The Morgan fingerprint density at radius 2 is 2.00 bits per heavy atom. The van der Waals surface area contributed by atoms with Gasteiger partial charge in [-0.2, -0.15) is 5.10 Å². The van der Waals surface area contributed by atoms with Crippen LogP contribution in [0.4, 0.5) is 0 Å². The van der Waals surface area contributed by atoms with E-state index in [9.17, 15) is 4.79 Å². The zero-order chi connectivity index (χ0) is 16.4. The van der Waals surface area contributed by atoms with E-state index >= 15 is 0 Å². The van der Waals surface area contributed by atoms with Gasteiger partial charge < -0.3 is 4.42 Å². The second-order valence-corrected chi connectivity index (χ2v) is 6.81. The second-order valence-electron chi connectivity index (χ2n) is 4.64. The predicted molar refractivity (Wildman–Crippen MR) is 98.1 cm³/mol. The first-order valence-electron chi connectivity index (χ1n) is 6.51. The summed E-state index contributed by atoms with van der Waals surface area (Å²) in [6.45, 7) is 0. The van der Waals surface area contributed by atoms with Gasteiger partial charge in [0.15, 0.2) is 5.76 Å². The summed E-state index contributed by atoms with van der Waals surface area (Å²) in [6, 6.07) is 12.6. The number of furan rings is 1. The molecule has 0 spiro atoms. The fourth-order valence-electron chi connectivity index (χ4n) is 1.98. The van der Waals surface area contributed by atoms with Crippen LogP contribution in [0, 0.1) is 0 Å². The summed E-state index contributed by atoms with van der Waals surface area (Å²) in [7, 11) is 0. The Hall–Kier alpha value is -1.63. The van der Waals surface area contributed by atoms with Gasteiger partial charge in [-0.1, -0.05) is 45.7 Å². The highest BCUT2D eigenvalue weighted by Gasteiger charge is 2.14. The lowest BCUT2D eigenvalue weighted by Gasteiger charge is -1.97. The van der Waals surface area contributed by atoms with Crippen LogP contribution in [-0.2, 0) is 0 Å². The quantitative estimate of drug-likeness (QED) is 0.425. The number of nitrogens with one attached hydrogen (secondary N) is 1. The van der Waals surface area contributed by atoms with Crippen LogP contribution in [0.15, 0.2) is 60.9 Å². The van der Waals surface area contributed by atoms with Crippen LogP contribution in [0.3, 0.4) is 0 Å². The van der Waals surface area contributed by atoms with Crippen molar-refractivity contribution in [1.29, 1.82) is 0 Å². The molecule has 0 unspecified atom stereocenters. The van der Waals surface area contributed by atoms with Gasteiger partial charge in [0.05, 0.1) is 10.7 Å². The molecule has 0 bridgehead atoms. The molecule has 0 atom stereocenters. The minimum absolute atomic E-state index is 0.176. The fraction of sp³-hybridized carbons (Fsp3) is 0. The normalized spacial score (nSPS) is 11.3. The van der Waals surface area contributed by atoms with Crippen molar-refractivity contribution in [3.63, 3.8) is 0 Å². The molecule has 0 radical (unpaired) electrons. The van der Waals surface area contributed by atoms with E-state index < -0.39 is 5.91 Å². The number of carbonyl (C=O) groups excluding carboxylic acids is 1. The monoisotopic (exact) mass is 454 g/mol. The van der Waals surface area contributed by atoms with Gasteiger partial charge in [-0.15, -0.1) is 0 Å². The van der Waals surface area contributed by atoms with E-state index in [-0.39, 0.29) is 5.76 Å². The van der Waals surface area contributed by atoms with Gasteiger partial charge in [0, 0.05) is 20.4 Å². The summed E-state index contributed by atoms with van der Waals surface area (Å²) in [5.74, 6) is -0.261. The van der Waals surface area contributed by atoms with Crippen LogP contribution in [0.25, 0.3) is 11.0 Å². The molecule has 3 rings (SSSR count). The topological polar surface area (TPSA) is 54.6 Å². The van der Waals surface area contributed by atoms with Crippen molar-refractivity contribution in [2.24, 2.45) is 5.10 Å². The Labute approximate surface area is 153 Å². The summed E-state index contributed by atoms with van der Waals surface area (Å²) < 4.78 is 7.22. The molecular formula is C16H9Br2ClN2O2. The van der Waals surface area contributed by atoms with Crippen LogP contribution in [0.5, 0.6) is 0 Å². The number of hydrazone groups is 1. The van der Waals surface area contributed by atoms with Crippen LogP contribution in [-0.4, -0.2) is 12.1 Å². The van der Waals surface area contributed by atoms with Gasteiger partial charge in [-0.25, -0.2) is 5.43 Å². The zero-order valence-corrected chi connectivity index (χ0v) is 15.4. The zero-order valence-electron chi connectivity index (χ0n) is 11.5. The maximum absolute atomic E-state index is 12.1. The SMILES string of the molecule is O=C(N/N=C\c1ccccc1Cl)c1cc2cc(Br)cc(Br)c2o1. The largest absolute Gasteiger partial charge is 0.450 e. The Kier molecular flexibility index (Phi) is 4.84. The summed E-state index contributed by atoms with van der Waals surface area (Å²) in [5, 5.41) is 5.27. The summed E-state index contributed by atoms with van der Waals surface area (Å²) in [4.78, 5) is 12.1. The third-order valence-electron chi connectivity index (χ3n) is 3.03. The summed E-state index contributed by atoms with van der Waals surface area (Å²) >= 11 is 12.8. The molecule has 23 heavy (non-hydrogen) atoms. The predicted octanol–water partition coefficient (Wildman–Crippen LogP) is 5.38. The van der Waals surface area contributed by atoms with Crippen molar-refractivity contribution in [2.45, 2.75) is 0 Å². The molecule has 1 N–H and O–H groups in total. The molecule has 0 aliphatic heterocycles. The molecule has 3 aromatic rings. The van der Waals surface area contributed by atoms with Gasteiger partial charge in [0.2, 0.25) is 0 Å². The Morgan fingerprint density at radius 1 is 1.22 bits per heavy atom. The van der Waals surface area contributed by atoms with Crippen molar-refractivity contribution in [3.8, 4) is 0 Å². The molecule has 0 saturated heterocycles. The first kappa shape index (κ1) is 16.2. The van der Waals surface area contributed by atoms with Gasteiger partial charge >= 0.3 is 5.91 Å². The van der Waals surface area contributed by atoms with E-state index in [0.29, 0.717) is 16.2 Å². The maximum Gasteiger partial charge on any atom is 0.307 e. The van der Waals surface area contributed by atoms with Gasteiger partial charge in [-0.3, -0.25) is 4.79 Å². The average molecular weight is 457 g/mol. The van der Waals surface area contributed by atoms with Crippen molar-refractivity contribution >= 4 is 66.6 Å². The molecule has 2 aromatic carbocycles. The van der Waals surface area contributed by atoms with E-state index in [0.717, 1.165) is 14.3 Å². The number of amides is 1. The summed E-state index contributed by atoms with van der Waals surface area (Å²) in [6.07, 6.45) is 1.48. The minimum Gasteiger partial charge on any atom is -0.450 e. The Bertz CT molecular complexity index is 922. The number of halogens is 3. The van der Waals surface area contributed by atoms with E-state index in [2.05, 4.69) is 42.4 Å². The third kappa shape index (κ3) is 3.65. The lowest BCUT2D eigenvalue weighted by atomic mass is 10.2. The third-order valence-corrected chi connectivity index (χ3v) is 4.43. The van der Waals surface area contributed by atoms with Crippen LogP contribution in [0.1, 0.15) is 16.1 Å². The number of rotatable bonds is 3. The number of nitrogens with zero attached hydrogens (tertiary/aromatic N) is 1. The molecule has 116 valence electrons. The molecule has 1 heterocycles. The summed E-state index contributed by atoms with van der Waals surface area (Å²) in [5.41, 5.74) is 3.74. The molecule has 1 amide bonds. The lowest BCUT2D eigenvalue weighted by molar-refractivity contribution is 0.0929. The molecule has 4 nitrogen and oxygen atoms in total. The highest BCUT2D eigenvalue weighted by atomic mass is 79.9. The number of hydrogen-bond donors (Lipinski definition) is 1. The molecule has 0 fully saturated rings. The van der Waals surface area contributed by atoms with E-state index in [1.807, 2.05) is 24.3 Å².